The minimum Gasteiger partial charge on any atom is -0.376 e. The van der Waals surface area contributed by atoms with Crippen molar-refractivity contribution in [3.05, 3.63) is 95.6 Å². The molecule has 3 rings (SSSR count). The van der Waals surface area contributed by atoms with E-state index in [4.69, 9.17) is 0 Å². The van der Waals surface area contributed by atoms with Crippen molar-refractivity contribution in [3.63, 3.8) is 0 Å². The number of hydrogen-bond acceptors (Lipinski definition) is 4. The molecule has 3 aromatic carbocycles. The molecule has 34 heavy (non-hydrogen) atoms. The first-order valence-electron chi connectivity index (χ1n) is 11.3. The van der Waals surface area contributed by atoms with Crippen molar-refractivity contribution >= 4 is 29.1 Å². The zero-order chi connectivity index (χ0) is 24.3. The van der Waals surface area contributed by atoms with Crippen molar-refractivity contribution < 1.29 is 14.4 Å². The summed E-state index contributed by atoms with van der Waals surface area (Å²) in [6, 6.07) is 23.6. The molecular formula is C27H30N4O3. The lowest BCUT2D eigenvalue weighted by Crippen LogP contribution is -2.26. The molecular weight excluding hydrogens is 428 g/mol. The zero-order valence-corrected chi connectivity index (χ0v) is 19.5. The van der Waals surface area contributed by atoms with E-state index in [0.717, 1.165) is 17.7 Å². The van der Waals surface area contributed by atoms with E-state index in [0.29, 0.717) is 29.9 Å². The van der Waals surface area contributed by atoms with Gasteiger partial charge in [0.25, 0.3) is 11.8 Å². The molecule has 0 fully saturated rings. The summed E-state index contributed by atoms with van der Waals surface area (Å²) in [5.41, 5.74) is 3.40. The molecule has 176 valence electrons. The fourth-order valence-electron chi connectivity index (χ4n) is 3.35. The number of nitrogens with zero attached hydrogens (tertiary/aromatic N) is 1. The van der Waals surface area contributed by atoms with Gasteiger partial charge in [0.05, 0.1) is 6.54 Å². The molecule has 0 saturated carbocycles. The highest BCUT2D eigenvalue weighted by Gasteiger charge is 2.13. The predicted molar refractivity (Wildman–Crippen MR) is 135 cm³/mol. The van der Waals surface area contributed by atoms with Crippen molar-refractivity contribution in [2.45, 2.75) is 19.9 Å². The minimum absolute atomic E-state index is 0.0491. The van der Waals surface area contributed by atoms with Crippen LogP contribution in [0.1, 0.15) is 39.6 Å². The second-order valence-corrected chi connectivity index (χ2v) is 7.96. The zero-order valence-electron chi connectivity index (χ0n) is 19.5. The van der Waals surface area contributed by atoms with E-state index in [1.807, 2.05) is 37.3 Å². The molecule has 0 aliphatic rings. The maximum Gasteiger partial charge on any atom is 0.253 e. The average Bonchev–Trinajstić information content (AvgIpc) is 2.86. The summed E-state index contributed by atoms with van der Waals surface area (Å²) in [7, 11) is 1.75. The van der Waals surface area contributed by atoms with Gasteiger partial charge in [0.15, 0.2) is 0 Å². The van der Waals surface area contributed by atoms with Crippen LogP contribution in [0.3, 0.4) is 0 Å². The molecule has 3 amide bonds. The van der Waals surface area contributed by atoms with Crippen LogP contribution in [-0.2, 0) is 11.3 Å². The maximum absolute atomic E-state index is 12.8. The first-order valence-corrected chi connectivity index (χ1v) is 11.3. The molecule has 7 nitrogen and oxygen atoms in total. The Labute approximate surface area is 200 Å². The van der Waals surface area contributed by atoms with Gasteiger partial charge in [0.1, 0.15) is 0 Å². The van der Waals surface area contributed by atoms with Gasteiger partial charge >= 0.3 is 0 Å². The van der Waals surface area contributed by atoms with E-state index in [2.05, 4.69) is 16.0 Å². The van der Waals surface area contributed by atoms with E-state index in [9.17, 15) is 14.4 Å². The van der Waals surface area contributed by atoms with Gasteiger partial charge in [-0.25, -0.2) is 0 Å². The molecule has 0 radical (unpaired) electrons. The molecule has 0 aliphatic heterocycles. The highest BCUT2D eigenvalue weighted by Crippen LogP contribution is 2.14. The molecule has 3 aromatic rings. The lowest BCUT2D eigenvalue weighted by atomic mass is 10.1. The van der Waals surface area contributed by atoms with Crippen LogP contribution in [0.4, 0.5) is 11.4 Å². The van der Waals surface area contributed by atoms with Crippen LogP contribution >= 0.6 is 0 Å². The van der Waals surface area contributed by atoms with E-state index in [-0.39, 0.29) is 24.3 Å². The van der Waals surface area contributed by atoms with Crippen LogP contribution in [0.15, 0.2) is 78.9 Å². The second kappa shape index (κ2) is 12.2. The van der Waals surface area contributed by atoms with E-state index in [1.165, 1.54) is 0 Å². The highest BCUT2D eigenvalue weighted by molar-refractivity contribution is 5.98. The van der Waals surface area contributed by atoms with Gasteiger partial charge in [-0.15, -0.1) is 0 Å². The van der Waals surface area contributed by atoms with Gasteiger partial charge in [-0.05, 0) is 54.4 Å². The molecule has 0 spiro atoms. The molecule has 0 saturated heterocycles. The Morgan fingerprint density at radius 3 is 2.26 bits per heavy atom. The monoisotopic (exact) mass is 458 g/mol. The summed E-state index contributed by atoms with van der Waals surface area (Å²) in [5, 5.41) is 8.68. The summed E-state index contributed by atoms with van der Waals surface area (Å²) < 4.78 is 0. The van der Waals surface area contributed by atoms with E-state index < -0.39 is 0 Å². The summed E-state index contributed by atoms with van der Waals surface area (Å²) in [4.78, 5) is 38.8. The fraction of sp³-hybridized carbons (Fsp3) is 0.222. The molecule has 0 aliphatic carbocycles. The number of amides is 3. The quantitative estimate of drug-likeness (QED) is 0.426. The van der Waals surface area contributed by atoms with Crippen LogP contribution < -0.4 is 16.0 Å². The molecule has 0 bridgehead atoms. The summed E-state index contributed by atoms with van der Waals surface area (Å²) in [6.07, 6.45) is 0.877. The van der Waals surface area contributed by atoms with E-state index in [1.54, 1.807) is 60.5 Å². The Morgan fingerprint density at radius 1 is 0.824 bits per heavy atom. The summed E-state index contributed by atoms with van der Waals surface area (Å²) in [6.45, 7) is 3.18. The number of hydrogen-bond donors (Lipinski definition) is 3. The SMILES string of the molecule is CCCNC(=O)c1ccc(NCC(=O)Nc2cccc(C(=O)N(C)Cc3ccccc3)c2)cc1. The number of anilines is 2. The van der Waals surface area contributed by atoms with Gasteiger partial charge in [-0.3, -0.25) is 14.4 Å². The first kappa shape index (κ1) is 24.5. The Balaban J connectivity index is 1.52. The summed E-state index contributed by atoms with van der Waals surface area (Å²) >= 11 is 0. The number of carbonyl (C=O) groups is 3. The van der Waals surface area contributed by atoms with Gasteiger partial charge in [0, 0.05) is 42.6 Å². The normalized spacial score (nSPS) is 10.3. The van der Waals surface area contributed by atoms with Crippen LogP contribution in [0, 0.1) is 0 Å². The molecule has 0 unspecified atom stereocenters. The van der Waals surface area contributed by atoms with Gasteiger partial charge in [0.2, 0.25) is 5.91 Å². The van der Waals surface area contributed by atoms with Crippen molar-refractivity contribution in [2.24, 2.45) is 0 Å². The lowest BCUT2D eigenvalue weighted by Gasteiger charge is -2.18. The van der Waals surface area contributed by atoms with Crippen molar-refractivity contribution in [1.82, 2.24) is 10.2 Å². The third kappa shape index (κ3) is 7.20. The number of nitrogens with one attached hydrogen (secondary N) is 3. The second-order valence-electron chi connectivity index (χ2n) is 7.96. The Hall–Kier alpha value is -4.13. The Morgan fingerprint density at radius 2 is 1.56 bits per heavy atom. The minimum atomic E-state index is -0.244. The molecule has 3 N–H and O–H groups in total. The Kier molecular flexibility index (Phi) is 8.80. The van der Waals surface area contributed by atoms with Gasteiger partial charge in [-0.2, -0.15) is 0 Å². The average molecular weight is 459 g/mol. The highest BCUT2D eigenvalue weighted by atomic mass is 16.2. The topological polar surface area (TPSA) is 90.5 Å². The standard InChI is InChI=1S/C27H30N4O3/c1-3-16-28-26(33)21-12-14-23(15-13-21)29-18-25(32)30-24-11-7-10-22(17-24)27(34)31(2)19-20-8-5-4-6-9-20/h4-15,17,29H,3,16,18-19H2,1-2H3,(H,28,33)(H,30,32). The first-order chi connectivity index (χ1) is 16.5. The lowest BCUT2D eigenvalue weighted by molar-refractivity contribution is -0.114. The fourth-order valence-corrected chi connectivity index (χ4v) is 3.35. The number of rotatable bonds is 10. The molecule has 0 aromatic heterocycles. The third-order valence-corrected chi connectivity index (χ3v) is 5.14. The molecule has 0 heterocycles. The van der Waals surface area contributed by atoms with Crippen molar-refractivity contribution in [2.75, 3.05) is 30.8 Å². The van der Waals surface area contributed by atoms with Gasteiger partial charge in [-0.1, -0.05) is 43.3 Å². The number of benzene rings is 3. The van der Waals surface area contributed by atoms with E-state index >= 15 is 0 Å². The third-order valence-electron chi connectivity index (χ3n) is 5.14. The van der Waals surface area contributed by atoms with Crippen LogP contribution in [0.25, 0.3) is 0 Å². The van der Waals surface area contributed by atoms with Crippen molar-refractivity contribution in [3.8, 4) is 0 Å². The number of carbonyl (C=O) groups excluding carboxylic acids is 3. The predicted octanol–water partition coefficient (Wildman–Crippen LogP) is 4.15. The maximum atomic E-state index is 12.8. The van der Waals surface area contributed by atoms with Crippen molar-refractivity contribution in [1.29, 1.82) is 0 Å². The van der Waals surface area contributed by atoms with Crippen LogP contribution in [0.5, 0.6) is 0 Å². The van der Waals surface area contributed by atoms with Gasteiger partial charge < -0.3 is 20.9 Å². The smallest absolute Gasteiger partial charge is 0.253 e. The summed E-state index contributed by atoms with van der Waals surface area (Å²) in [5.74, 6) is -0.483. The van der Waals surface area contributed by atoms with Crippen LogP contribution in [-0.4, -0.2) is 42.8 Å². The molecule has 0 atom stereocenters. The largest absolute Gasteiger partial charge is 0.376 e. The molecule has 7 heteroatoms. The van der Waals surface area contributed by atoms with Crippen LogP contribution in [0.2, 0.25) is 0 Å². The Bertz CT molecular complexity index is 1110.